The number of ether oxygens (including phenoxy) is 1. The third kappa shape index (κ3) is 1.74. The van der Waals surface area contributed by atoms with Crippen LogP contribution >= 0.6 is 0 Å². The van der Waals surface area contributed by atoms with Gasteiger partial charge in [-0.1, -0.05) is 0 Å². The Kier molecular flexibility index (Phi) is 2.82. The molecular formula is C10H10FN3O2. The van der Waals surface area contributed by atoms with Gasteiger partial charge in [0.05, 0.1) is 12.8 Å². The van der Waals surface area contributed by atoms with Crippen molar-refractivity contribution in [1.82, 2.24) is 14.8 Å². The first-order valence-electron chi connectivity index (χ1n) is 4.60. The second-order valence-electron chi connectivity index (χ2n) is 3.09. The van der Waals surface area contributed by atoms with Gasteiger partial charge >= 0.3 is 0 Å². The third-order valence-electron chi connectivity index (χ3n) is 2.17. The lowest BCUT2D eigenvalue weighted by Gasteiger charge is -2.08. The largest absolute Gasteiger partial charge is 0.497 e. The molecule has 0 unspecified atom stereocenters. The molecule has 1 aromatic heterocycles. The van der Waals surface area contributed by atoms with Gasteiger partial charge in [-0.05, 0) is 12.1 Å². The van der Waals surface area contributed by atoms with Crippen molar-refractivity contribution in [3.63, 3.8) is 0 Å². The molecule has 0 bridgehead atoms. The van der Waals surface area contributed by atoms with E-state index in [2.05, 4.69) is 10.2 Å². The Bertz CT molecular complexity index is 499. The smallest absolute Gasteiger partial charge is 0.163 e. The Balaban J connectivity index is 2.54. The summed E-state index contributed by atoms with van der Waals surface area (Å²) in [7, 11) is 1.50. The molecule has 0 fully saturated rings. The molecule has 2 rings (SSSR count). The first kappa shape index (κ1) is 10.6. The molecule has 0 saturated carbocycles. The zero-order valence-corrected chi connectivity index (χ0v) is 8.59. The van der Waals surface area contributed by atoms with Gasteiger partial charge in [0.15, 0.2) is 5.82 Å². The zero-order chi connectivity index (χ0) is 11.5. The Morgan fingerprint density at radius 1 is 1.50 bits per heavy atom. The quantitative estimate of drug-likeness (QED) is 0.840. The van der Waals surface area contributed by atoms with E-state index in [0.29, 0.717) is 5.75 Å². The summed E-state index contributed by atoms with van der Waals surface area (Å²) in [6.07, 6.45) is 1.34. The summed E-state index contributed by atoms with van der Waals surface area (Å²) >= 11 is 0. The molecule has 6 heteroatoms. The number of methoxy groups -OCH3 is 1. The molecule has 1 aromatic carbocycles. The van der Waals surface area contributed by atoms with E-state index in [9.17, 15) is 4.39 Å². The second-order valence-corrected chi connectivity index (χ2v) is 3.09. The maximum atomic E-state index is 13.6. The van der Waals surface area contributed by atoms with Crippen molar-refractivity contribution in [2.45, 2.75) is 6.61 Å². The van der Waals surface area contributed by atoms with Gasteiger partial charge in [0, 0.05) is 6.07 Å². The van der Waals surface area contributed by atoms with Crippen LogP contribution in [0.2, 0.25) is 0 Å². The second kappa shape index (κ2) is 4.28. The van der Waals surface area contributed by atoms with Crippen molar-refractivity contribution in [3.05, 3.63) is 36.2 Å². The first-order chi connectivity index (χ1) is 7.76. The predicted molar refractivity (Wildman–Crippen MR) is 53.8 cm³/mol. The summed E-state index contributed by atoms with van der Waals surface area (Å²) in [6.45, 7) is -0.309. The minimum absolute atomic E-state index is 0.244. The number of nitrogens with zero attached hydrogens (tertiary/aromatic N) is 3. The van der Waals surface area contributed by atoms with Gasteiger partial charge in [-0.2, -0.15) is 0 Å². The summed E-state index contributed by atoms with van der Waals surface area (Å²) in [4.78, 5) is 0. The molecule has 0 aliphatic rings. The molecule has 5 nitrogen and oxygen atoms in total. The van der Waals surface area contributed by atoms with Crippen LogP contribution in [0.1, 0.15) is 5.82 Å². The highest BCUT2D eigenvalue weighted by molar-refractivity contribution is 5.41. The van der Waals surface area contributed by atoms with E-state index >= 15 is 0 Å². The van der Waals surface area contributed by atoms with Gasteiger partial charge in [0.2, 0.25) is 0 Å². The van der Waals surface area contributed by atoms with E-state index in [0.717, 1.165) is 0 Å². The zero-order valence-electron chi connectivity index (χ0n) is 8.59. The van der Waals surface area contributed by atoms with Gasteiger partial charge in [0.25, 0.3) is 0 Å². The average molecular weight is 223 g/mol. The van der Waals surface area contributed by atoms with E-state index in [1.165, 1.54) is 36.2 Å². The lowest BCUT2D eigenvalue weighted by molar-refractivity contribution is 0.268. The van der Waals surface area contributed by atoms with Crippen molar-refractivity contribution < 1.29 is 14.2 Å². The Hall–Kier alpha value is -1.95. The molecule has 0 spiro atoms. The van der Waals surface area contributed by atoms with Crippen molar-refractivity contribution in [3.8, 4) is 11.4 Å². The molecule has 2 aromatic rings. The predicted octanol–water partition coefficient (Wildman–Crippen LogP) is 0.907. The summed E-state index contributed by atoms with van der Waals surface area (Å²) in [5.41, 5.74) is 0.244. The highest BCUT2D eigenvalue weighted by Crippen LogP contribution is 2.20. The average Bonchev–Trinajstić information content (AvgIpc) is 2.77. The minimum Gasteiger partial charge on any atom is -0.497 e. The maximum Gasteiger partial charge on any atom is 0.163 e. The SMILES string of the molecule is COc1ccc(F)c(-n2cnnc2CO)c1. The van der Waals surface area contributed by atoms with Gasteiger partial charge in [-0.3, -0.25) is 4.57 Å². The number of halogens is 1. The molecule has 0 saturated heterocycles. The van der Waals surface area contributed by atoms with E-state index in [1.54, 1.807) is 0 Å². The Morgan fingerprint density at radius 2 is 2.31 bits per heavy atom. The van der Waals surface area contributed by atoms with Crippen LogP contribution < -0.4 is 4.74 Å². The fraction of sp³-hybridized carbons (Fsp3) is 0.200. The van der Waals surface area contributed by atoms with Crippen molar-refractivity contribution in [1.29, 1.82) is 0 Å². The Morgan fingerprint density at radius 3 is 3.00 bits per heavy atom. The highest BCUT2D eigenvalue weighted by Gasteiger charge is 2.10. The number of hydrogen-bond acceptors (Lipinski definition) is 4. The van der Waals surface area contributed by atoms with Crippen LogP contribution in [0.3, 0.4) is 0 Å². The number of aliphatic hydroxyl groups is 1. The van der Waals surface area contributed by atoms with Crippen molar-refractivity contribution >= 4 is 0 Å². The summed E-state index contributed by atoms with van der Waals surface area (Å²) < 4.78 is 19.9. The number of hydrogen-bond donors (Lipinski definition) is 1. The van der Waals surface area contributed by atoms with E-state index in [1.807, 2.05) is 0 Å². The number of aliphatic hydroxyl groups excluding tert-OH is 1. The molecule has 0 atom stereocenters. The highest BCUT2D eigenvalue weighted by atomic mass is 19.1. The summed E-state index contributed by atoms with van der Waals surface area (Å²) in [6, 6.07) is 4.31. The van der Waals surface area contributed by atoms with Crippen molar-refractivity contribution in [2.24, 2.45) is 0 Å². The molecule has 0 aliphatic carbocycles. The first-order valence-corrected chi connectivity index (χ1v) is 4.60. The molecule has 16 heavy (non-hydrogen) atoms. The minimum atomic E-state index is -0.435. The number of benzene rings is 1. The lowest BCUT2D eigenvalue weighted by Crippen LogP contribution is -2.03. The number of aromatic nitrogens is 3. The molecule has 0 radical (unpaired) electrons. The monoisotopic (exact) mass is 223 g/mol. The van der Waals surface area contributed by atoms with Gasteiger partial charge in [-0.15, -0.1) is 10.2 Å². The maximum absolute atomic E-state index is 13.6. The summed E-state index contributed by atoms with van der Waals surface area (Å²) in [5.74, 6) is 0.358. The van der Waals surface area contributed by atoms with Gasteiger partial charge in [0.1, 0.15) is 24.5 Å². The molecule has 0 amide bonds. The standard InChI is InChI=1S/C10H10FN3O2/c1-16-7-2-3-8(11)9(4-7)14-6-12-13-10(14)5-15/h2-4,6,15H,5H2,1H3. The number of rotatable bonds is 3. The molecule has 1 N–H and O–H groups in total. The van der Waals surface area contributed by atoms with Gasteiger partial charge in [-0.25, -0.2) is 4.39 Å². The topological polar surface area (TPSA) is 60.2 Å². The molecule has 1 heterocycles. The fourth-order valence-corrected chi connectivity index (χ4v) is 1.37. The van der Waals surface area contributed by atoms with Crippen LogP contribution in [0, 0.1) is 5.82 Å². The van der Waals surface area contributed by atoms with Crippen LogP contribution in [-0.4, -0.2) is 27.0 Å². The molecule has 0 aliphatic heterocycles. The molecule has 84 valence electrons. The van der Waals surface area contributed by atoms with Crippen molar-refractivity contribution in [2.75, 3.05) is 7.11 Å². The van der Waals surface area contributed by atoms with Crippen LogP contribution in [0.4, 0.5) is 4.39 Å². The van der Waals surface area contributed by atoms with E-state index in [4.69, 9.17) is 9.84 Å². The third-order valence-corrected chi connectivity index (χ3v) is 2.17. The lowest BCUT2D eigenvalue weighted by atomic mass is 10.3. The molecular weight excluding hydrogens is 213 g/mol. The normalized spacial score (nSPS) is 10.4. The van der Waals surface area contributed by atoms with Crippen LogP contribution in [0.5, 0.6) is 5.75 Å². The fourth-order valence-electron chi connectivity index (χ4n) is 1.37. The van der Waals surface area contributed by atoms with Crippen LogP contribution in [0.25, 0.3) is 5.69 Å². The van der Waals surface area contributed by atoms with Gasteiger partial charge < -0.3 is 9.84 Å². The van der Waals surface area contributed by atoms with Crippen LogP contribution in [-0.2, 0) is 6.61 Å². The van der Waals surface area contributed by atoms with E-state index < -0.39 is 5.82 Å². The van der Waals surface area contributed by atoms with E-state index in [-0.39, 0.29) is 18.1 Å². The summed E-state index contributed by atoms with van der Waals surface area (Å²) in [5, 5.41) is 16.3. The van der Waals surface area contributed by atoms with Crippen LogP contribution in [0.15, 0.2) is 24.5 Å². The Labute approximate surface area is 91.1 Å².